The van der Waals surface area contributed by atoms with Crippen molar-refractivity contribution in [2.75, 3.05) is 21.1 Å². The first-order valence-corrected chi connectivity index (χ1v) is 3.33. The number of nitrogens with two attached hydrogens (primary N) is 3. The van der Waals surface area contributed by atoms with Crippen LogP contribution in [0, 0.1) is 5.41 Å². The topological polar surface area (TPSA) is 126 Å². The van der Waals surface area contributed by atoms with Gasteiger partial charge in [0.15, 0.2) is 5.96 Å². The van der Waals surface area contributed by atoms with Gasteiger partial charge in [-0.15, -0.1) is 0 Å². The van der Waals surface area contributed by atoms with Gasteiger partial charge in [-0.2, -0.15) is 0 Å². The molecule has 0 aromatic heterocycles. The lowest BCUT2D eigenvalue weighted by Gasteiger charge is -1.90. The van der Waals surface area contributed by atoms with Crippen LogP contribution in [0.3, 0.4) is 0 Å². The molecule has 0 aliphatic rings. The van der Waals surface area contributed by atoms with Gasteiger partial charge in [0.05, 0.1) is 5.84 Å². The van der Waals surface area contributed by atoms with Gasteiger partial charge < -0.3 is 22.5 Å². The van der Waals surface area contributed by atoms with Crippen molar-refractivity contribution in [1.82, 2.24) is 5.32 Å². The Kier molecular flexibility index (Phi) is 39.0. The van der Waals surface area contributed by atoms with Crippen molar-refractivity contribution in [3.05, 3.63) is 0 Å². The fourth-order valence-electron chi connectivity index (χ4n) is 0.112. The number of nitrogens with one attached hydrogen (secondary N) is 2. The molecular formula is C7H24N6. The monoisotopic (exact) mass is 192 g/mol. The van der Waals surface area contributed by atoms with Crippen LogP contribution in [0.4, 0.5) is 0 Å². The highest BCUT2D eigenvalue weighted by Crippen LogP contribution is 1.48. The molecule has 82 valence electrons. The largest absolute Gasteiger partial charge is 0.388 e. The maximum Gasteiger partial charge on any atom is 0.188 e. The first-order chi connectivity index (χ1) is 5.54. The van der Waals surface area contributed by atoms with Crippen LogP contribution >= 0.6 is 0 Å². The van der Waals surface area contributed by atoms with Crippen LogP contribution in [0.1, 0.15) is 14.4 Å². The van der Waals surface area contributed by atoms with E-state index in [1.54, 1.807) is 14.1 Å². The quantitative estimate of drug-likeness (QED) is 0.257. The van der Waals surface area contributed by atoms with E-state index in [1.165, 1.54) is 14.0 Å². The minimum atomic E-state index is 0. The van der Waals surface area contributed by atoms with E-state index in [9.17, 15) is 0 Å². The van der Waals surface area contributed by atoms with Gasteiger partial charge in [-0.3, -0.25) is 10.4 Å². The molecule has 6 heteroatoms. The summed E-state index contributed by atoms with van der Waals surface area (Å²) in [6.07, 6.45) is 0. The molecule has 0 aromatic rings. The van der Waals surface area contributed by atoms with E-state index in [2.05, 4.69) is 16.0 Å². The summed E-state index contributed by atoms with van der Waals surface area (Å²) in [4.78, 5) is 3.59. The summed E-state index contributed by atoms with van der Waals surface area (Å²) in [5.41, 5.74) is 14.3. The molecule has 8 N–H and O–H groups in total. The zero-order valence-corrected chi connectivity index (χ0v) is 8.18. The van der Waals surface area contributed by atoms with Crippen molar-refractivity contribution in [2.24, 2.45) is 22.2 Å². The van der Waals surface area contributed by atoms with Crippen LogP contribution in [0.25, 0.3) is 0 Å². The summed E-state index contributed by atoms with van der Waals surface area (Å²) in [6.45, 7) is 1.53. The maximum atomic E-state index is 6.28. The Morgan fingerprint density at radius 3 is 1.54 bits per heavy atom. The Morgan fingerprint density at radius 2 is 1.54 bits per heavy atom. The molecule has 0 spiro atoms. The lowest BCUT2D eigenvalue weighted by Crippen LogP contribution is -2.27. The van der Waals surface area contributed by atoms with E-state index in [0.29, 0.717) is 5.96 Å². The first kappa shape index (κ1) is 22.6. The minimum absolute atomic E-state index is 0. The molecule has 0 aromatic carbocycles. The maximum absolute atomic E-state index is 6.28. The third-order valence-corrected chi connectivity index (χ3v) is 0.497. The van der Waals surface area contributed by atoms with E-state index in [0.717, 1.165) is 0 Å². The standard InChI is InChI=1S/C3H9N3.C2H6N2.CH5N.CH4/c1-5-3(4)6-2;1-2(3)4;1-2;/h1-2H3,(H3,4,5,6);1H3,(H3,3,4);2H2,1H3;1H4. The second-order valence-corrected chi connectivity index (χ2v) is 1.54. The lowest BCUT2D eigenvalue weighted by molar-refractivity contribution is 1.12. The van der Waals surface area contributed by atoms with Gasteiger partial charge in [0.25, 0.3) is 0 Å². The Balaban J connectivity index is -0.0000000512. The molecule has 0 saturated heterocycles. The summed E-state index contributed by atoms with van der Waals surface area (Å²) in [6, 6.07) is 0. The normalized spacial score (nSPS) is 7.62. The van der Waals surface area contributed by atoms with Crippen LogP contribution in [-0.2, 0) is 0 Å². The third kappa shape index (κ3) is 111. The zero-order valence-electron chi connectivity index (χ0n) is 8.18. The Morgan fingerprint density at radius 1 is 1.31 bits per heavy atom. The number of hydrogen-bond acceptors (Lipinski definition) is 3. The van der Waals surface area contributed by atoms with Crippen molar-refractivity contribution in [1.29, 1.82) is 5.41 Å². The summed E-state index contributed by atoms with van der Waals surface area (Å²) >= 11 is 0. The molecule has 0 rings (SSSR count). The number of amidine groups is 1. The van der Waals surface area contributed by atoms with Gasteiger partial charge in [0, 0.05) is 14.1 Å². The number of aliphatic imine (C=N–C) groups is 1. The predicted octanol–water partition coefficient (Wildman–Crippen LogP) is -0.696. The van der Waals surface area contributed by atoms with E-state index < -0.39 is 0 Å². The molecule has 0 atom stereocenters. The van der Waals surface area contributed by atoms with Crippen molar-refractivity contribution < 1.29 is 0 Å². The van der Waals surface area contributed by atoms with E-state index in [-0.39, 0.29) is 13.3 Å². The molecule has 0 bridgehead atoms. The highest BCUT2D eigenvalue weighted by Gasteiger charge is 1.71. The smallest absolute Gasteiger partial charge is 0.188 e. The molecule has 0 aliphatic carbocycles. The predicted molar refractivity (Wildman–Crippen MR) is 61.0 cm³/mol. The molecular weight excluding hydrogens is 168 g/mol. The number of guanidine groups is 1. The minimum Gasteiger partial charge on any atom is -0.388 e. The van der Waals surface area contributed by atoms with Crippen molar-refractivity contribution >= 4 is 11.8 Å². The molecule has 0 radical (unpaired) electrons. The fraction of sp³-hybridized carbons (Fsp3) is 0.714. The summed E-state index contributed by atoms with van der Waals surface area (Å²) in [7, 11) is 4.86. The Hall–Kier alpha value is -1.30. The molecule has 13 heavy (non-hydrogen) atoms. The second-order valence-electron chi connectivity index (χ2n) is 1.54. The van der Waals surface area contributed by atoms with Crippen molar-refractivity contribution in [3.8, 4) is 0 Å². The second kappa shape index (κ2) is 22.4. The SMILES string of the molecule is C.CC(=N)N.CN.CN=C(N)NC. The average molecular weight is 192 g/mol. The van der Waals surface area contributed by atoms with Gasteiger partial charge in [-0.1, -0.05) is 7.43 Å². The molecule has 0 heterocycles. The van der Waals surface area contributed by atoms with Crippen LogP contribution < -0.4 is 22.5 Å². The van der Waals surface area contributed by atoms with Gasteiger partial charge in [-0.25, -0.2) is 0 Å². The first-order valence-electron chi connectivity index (χ1n) is 3.33. The molecule has 0 fully saturated rings. The Bertz CT molecular complexity index is 116. The molecule has 0 aliphatic heterocycles. The van der Waals surface area contributed by atoms with Crippen molar-refractivity contribution in [2.45, 2.75) is 14.4 Å². The van der Waals surface area contributed by atoms with Crippen molar-refractivity contribution in [3.63, 3.8) is 0 Å². The van der Waals surface area contributed by atoms with Crippen LogP contribution in [0.2, 0.25) is 0 Å². The van der Waals surface area contributed by atoms with Gasteiger partial charge in [-0.05, 0) is 14.0 Å². The molecule has 0 amide bonds. The Labute approximate surface area is 81.1 Å². The fourth-order valence-corrected chi connectivity index (χ4v) is 0.112. The van der Waals surface area contributed by atoms with Crippen LogP contribution in [-0.4, -0.2) is 32.9 Å². The molecule has 0 saturated carbocycles. The highest BCUT2D eigenvalue weighted by molar-refractivity contribution is 5.77. The summed E-state index contributed by atoms with van der Waals surface area (Å²) in [5.74, 6) is 0.634. The zero-order chi connectivity index (χ0) is 10.6. The van der Waals surface area contributed by atoms with Crippen LogP contribution in [0.15, 0.2) is 4.99 Å². The average Bonchev–Trinajstić information content (AvgIpc) is 2.06. The highest BCUT2D eigenvalue weighted by atomic mass is 15.1. The number of hydrogen-bond donors (Lipinski definition) is 5. The van der Waals surface area contributed by atoms with Gasteiger partial charge >= 0.3 is 0 Å². The molecule has 6 nitrogen and oxygen atoms in total. The lowest BCUT2D eigenvalue weighted by atomic mass is 10.8. The number of rotatable bonds is 0. The van der Waals surface area contributed by atoms with Gasteiger partial charge in [0.2, 0.25) is 0 Å². The van der Waals surface area contributed by atoms with Crippen LogP contribution in [0.5, 0.6) is 0 Å². The van der Waals surface area contributed by atoms with E-state index in [1.807, 2.05) is 0 Å². The van der Waals surface area contributed by atoms with Gasteiger partial charge in [0.1, 0.15) is 0 Å². The van der Waals surface area contributed by atoms with E-state index >= 15 is 0 Å². The third-order valence-electron chi connectivity index (χ3n) is 0.497. The molecule has 0 unspecified atom stereocenters. The summed E-state index contributed by atoms with van der Waals surface area (Å²) in [5, 5.41) is 8.92. The van der Waals surface area contributed by atoms with E-state index in [4.69, 9.17) is 16.9 Å². The number of nitrogens with zero attached hydrogens (tertiary/aromatic N) is 1. The summed E-state index contributed by atoms with van der Waals surface area (Å²) < 4.78 is 0.